The predicted octanol–water partition coefficient (Wildman–Crippen LogP) is 4.60. The highest BCUT2D eigenvalue weighted by Crippen LogP contribution is 2.35. The number of hydrogen-bond acceptors (Lipinski definition) is 4. The van der Waals surface area contributed by atoms with Crippen LogP contribution in [-0.4, -0.2) is 44.1 Å². The molecule has 6 nitrogen and oxygen atoms in total. The van der Waals surface area contributed by atoms with E-state index in [2.05, 4.69) is 55.8 Å². The average molecular weight is 402 g/mol. The summed E-state index contributed by atoms with van der Waals surface area (Å²) in [6.07, 6.45) is 6.39. The lowest BCUT2D eigenvalue weighted by atomic mass is 10.0. The number of para-hydroxylation sites is 1. The second-order valence-electron chi connectivity index (χ2n) is 8.58. The summed E-state index contributed by atoms with van der Waals surface area (Å²) in [5, 5.41) is 1.29. The van der Waals surface area contributed by atoms with Crippen molar-refractivity contribution in [3.05, 3.63) is 60.2 Å². The normalized spacial score (nSPS) is 21.1. The van der Waals surface area contributed by atoms with E-state index < -0.39 is 0 Å². The number of nitrogens with one attached hydrogen (secondary N) is 1. The van der Waals surface area contributed by atoms with Gasteiger partial charge in [-0.05, 0) is 55.3 Å². The van der Waals surface area contributed by atoms with Gasteiger partial charge in [0.1, 0.15) is 17.4 Å². The molecule has 3 aromatic heterocycles. The van der Waals surface area contributed by atoms with Crippen molar-refractivity contribution in [1.29, 1.82) is 0 Å². The lowest BCUT2D eigenvalue weighted by Crippen LogP contribution is -2.35. The summed E-state index contributed by atoms with van der Waals surface area (Å²) >= 11 is 0. The first kappa shape index (κ1) is 18.1. The van der Waals surface area contributed by atoms with E-state index in [9.17, 15) is 0 Å². The minimum absolute atomic E-state index is 0.114. The molecule has 0 bridgehead atoms. The van der Waals surface area contributed by atoms with Gasteiger partial charge in [0.2, 0.25) is 0 Å². The molecule has 1 N–H and O–H groups in total. The number of H-pyrrole nitrogens is 1. The fourth-order valence-corrected chi connectivity index (χ4v) is 5.11. The molecule has 2 fully saturated rings. The first-order valence-corrected chi connectivity index (χ1v) is 11.1. The molecule has 4 aromatic rings. The van der Waals surface area contributed by atoms with Gasteiger partial charge in [-0.15, -0.1) is 0 Å². The third kappa shape index (κ3) is 3.20. The summed E-state index contributed by atoms with van der Waals surface area (Å²) in [6, 6.07) is 15.3. The van der Waals surface area contributed by atoms with Crippen molar-refractivity contribution in [3.63, 3.8) is 0 Å². The van der Waals surface area contributed by atoms with Crippen molar-refractivity contribution in [3.8, 4) is 0 Å². The Morgan fingerprint density at radius 1 is 1.07 bits per heavy atom. The number of fused-ring (bicyclic) bond motifs is 2. The molecule has 0 aliphatic carbocycles. The number of nitrogens with zero attached hydrogens (tertiary/aromatic N) is 4. The van der Waals surface area contributed by atoms with Crippen LogP contribution in [0.25, 0.3) is 22.1 Å². The third-order valence-corrected chi connectivity index (χ3v) is 6.60. The van der Waals surface area contributed by atoms with Crippen LogP contribution < -0.4 is 0 Å². The molecule has 30 heavy (non-hydrogen) atoms. The summed E-state index contributed by atoms with van der Waals surface area (Å²) in [5.41, 5.74) is 4.52. The van der Waals surface area contributed by atoms with E-state index in [1.807, 2.05) is 12.3 Å². The molecule has 1 unspecified atom stereocenters. The largest absolute Gasteiger partial charge is 0.370 e. The maximum atomic E-state index is 6.00. The topological polar surface area (TPSA) is 59.0 Å². The van der Waals surface area contributed by atoms with E-state index in [-0.39, 0.29) is 6.10 Å². The first-order chi connectivity index (χ1) is 14.8. The fourth-order valence-electron chi connectivity index (χ4n) is 5.11. The van der Waals surface area contributed by atoms with Crippen LogP contribution in [0.5, 0.6) is 0 Å². The Hall–Kier alpha value is -2.70. The Balaban J connectivity index is 1.21. The number of ether oxygens (including phenoxy) is 1. The van der Waals surface area contributed by atoms with Crippen LogP contribution in [0.3, 0.4) is 0 Å². The van der Waals surface area contributed by atoms with E-state index in [1.54, 1.807) is 0 Å². The second-order valence-corrected chi connectivity index (χ2v) is 8.58. The molecule has 6 rings (SSSR count). The minimum Gasteiger partial charge on any atom is -0.370 e. The third-order valence-electron chi connectivity index (χ3n) is 6.60. The van der Waals surface area contributed by atoms with Gasteiger partial charge in [-0.25, -0.2) is 9.97 Å². The molecule has 1 atom stereocenters. The Labute approximate surface area is 175 Å². The van der Waals surface area contributed by atoms with Crippen molar-refractivity contribution in [2.45, 2.75) is 44.4 Å². The van der Waals surface area contributed by atoms with Crippen LogP contribution in [0, 0.1) is 0 Å². The van der Waals surface area contributed by atoms with Gasteiger partial charge >= 0.3 is 0 Å². The van der Waals surface area contributed by atoms with E-state index in [0.29, 0.717) is 6.04 Å². The summed E-state index contributed by atoms with van der Waals surface area (Å²) in [5.74, 6) is 1.08. The van der Waals surface area contributed by atoms with Gasteiger partial charge in [0.05, 0.1) is 0 Å². The molecule has 0 radical (unpaired) electrons. The predicted molar refractivity (Wildman–Crippen MR) is 117 cm³/mol. The summed E-state index contributed by atoms with van der Waals surface area (Å²) in [4.78, 5) is 15.7. The second kappa shape index (κ2) is 7.52. The lowest BCUT2D eigenvalue weighted by molar-refractivity contribution is 0.0970. The Kier molecular flexibility index (Phi) is 4.54. The Morgan fingerprint density at radius 2 is 1.97 bits per heavy atom. The van der Waals surface area contributed by atoms with Crippen LogP contribution in [0.15, 0.2) is 48.7 Å². The first-order valence-electron chi connectivity index (χ1n) is 11.1. The number of benzene rings is 1. The van der Waals surface area contributed by atoms with Crippen LogP contribution in [0.2, 0.25) is 0 Å². The molecule has 2 aliphatic rings. The van der Waals surface area contributed by atoms with Crippen LogP contribution in [-0.2, 0) is 11.3 Å². The maximum Gasteiger partial charge on any atom is 0.160 e. The number of aromatic amines is 1. The van der Waals surface area contributed by atoms with Crippen molar-refractivity contribution in [2.24, 2.45) is 0 Å². The van der Waals surface area contributed by atoms with Crippen molar-refractivity contribution < 1.29 is 4.74 Å². The van der Waals surface area contributed by atoms with E-state index in [1.165, 1.54) is 16.6 Å². The zero-order valence-electron chi connectivity index (χ0n) is 17.1. The van der Waals surface area contributed by atoms with Gasteiger partial charge in [0.15, 0.2) is 5.65 Å². The number of hydrogen-bond donors (Lipinski definition) is 1. The molecule has 1 aromatic carbocycles. The van der Waals surface area contributed by atoms with Crippen molar-refractivity contribution >= 4 is 22.1 Å². The zero-order valence-corrected chi connectivity index (χ0v) is 17.1. The van der Waals surface area contributed by atoms with Gasteiger partial charge in [-0.2, -0.15) is 0 Å². The van der Waals surface area contributed by atoms with Gasteiger partial charge < -0.3 is 14.3 Å². The molecule has 6 heteroatoms. The van der Waals surface area contributed by atoms with Gasteiger partial charge in [-0.1, -0.05) is 18.2 Å². The van der Waals surface area contributed by atoms with E-state index in [0.717, 1.165) is 68.9 Å². The molecule has 0 amide bonds. The van der Waals surface area contributed by atoms with E-state index in [4.69, 9.17) is 9.72 Å². The quantitative estimate of drug-likeness (QED) is 0.543. The van der Waals surface area contributed by atoms with E-state index >= 15 is 0 Å². The number of piperidine rings is 1. The maximum absolute atomic E-state index is 6.00. The Morgan fingerprint density at radius 3 is 2.80 bits per heavy atom. The Bertz CT molecular complexity index is 1130. The lowest BCUT2D eigenvalue weighted by Gasteiger charge is -2.33. The zero-order chi connectivity index (χ0) is 19.9. The summed E-state index contributed by atoms with van der Waals surface area (Å²) < 4.78 is 8.40. The molecule has 0 saturated carbocycles. The van der Waals surface area contributed by atoms with Gasteiger partial charge in [0.25, 0.3) is 0 Å². The average Bonchev–Trinajstić information content (AvgIpc) is 3.51. The van der Waals surface area contributed by atoms with Crippen LogP contribution >= 0.6 is 0 Å². The monoisotopic (exact) mass is 401 g/mol. The number of likely N-dealkylation sites (tertiary alicyclic amines) is 1. The van der Waals surface area contributed by atoms with Crippen molar-refractivity contribution in [2.75, 3.05) is 19.7 Å². The summed E-state index contributed by atoms with van der Waals surface area (Å²) in [6.45, 7) is 3.97. The minimum atomic E-state index is 0.114. The smallest absolute Gasteiger partial charge is 0.160 e. The molecule has 154 valence electrons. The number of aromatic nitrogens is 4. The fraction of sp³-hybridized carbons (Fsp3) is 0.417. The molecular formula is C24H27N5O. The van der Waals surface area contributed by atoms with Gasteiger partial charge in [0, 0.05) is 49.7 Å². The molecule has 2 aliphatic heterocycles. The number of rotatable bonds is 4. The summed E-state index contributed by atoms with van der Waals surface area (Å²) in [7, 11) is 0. The molecule has 5 heterocycles. The van der Waals surface area contributed by atoms with Crippen molar-refractivity contribution in [1.82, 2.24) is 24.4 Å². The molecular weight excluding hydrogens is 374 g/mol. The highest BCUT2D eigenvalue weighted by molar-refractivity contribution is 5.80. The SMILES string of the molecule is c1ccc2[nH]c(CN3CCC(n4c(C5CCCO5)nc5cccnc54)CC3)cc2c1. The highest BCUT2D eigenvalue weighted by Gasteiger charge is 2.30. The van der Waals surface area contributed by atoms with Crippen LogP contribution in [0.1, 0.15) is 49.3 Å². The van der Waals surface area contributed by atoms with Crippen LogP contribution in [0.4, 0.5) is 0 Å². The molecule has 2 saturated heterocycles. The molecule has 0 spiro atoms. The van der Waals surface area contributed by atoms with Gasteiger partial charge in [-0.3, -0.25) is 4.90 Å². The standard InChI is InChI=1S/C24H27N5O/c1-2-6-20-17(5-1)15-18(26-20)16-28-12-9-19(10-13-28)29-23-21(7-3-11-25-23)27-24(29)22-8-4-14-30-22/h1-3,5-7,11,15,19,22,26H,4,8-10,12-14,16H2. The number of pyridine rings is 1. The highest BCUT2D eigenvalue weighted by atomic mass is 16.5. The number of imidazole rings is 1.